The molecule has 0 saturated heterocycles. The normalized spacial score (nSPS) is 11.8. The summed E-state index contributed by atoms with van der Waals surface area (Å²) in [5, 5.41) is 6.09. The summed E-state index contributed by atoms with van der Waals surface area (Å²) in [5.41, 5.74) is 7.30. The molecule has 0 spiro atoms. The van der Waals surface area contributed by atoms with Crippen molar-refractivity contribution in [2.45, 2.75) is 45.6 Å². The van der Waals surface area contributed by atoms with Gasteiger partial charge in [0.15, 0.2) is 0 Å². The molecule has 0 heterocycles. The average Bonchev–Trinajstić information content (AvgIpc) is 2.74. The lowest BCUT2D eigenvalue weighted by Gasteiger charge is -2.25. The predicted molar refractivity (Wildman–Crippen MR) is 123 cm³/mol. The summed E-state index contributed by atoms with van der Waals surface area (Å²) in [6.07, 6.45) is 2.97. The second-order valence-corrected chi connectivity index (χ2v) is 7.73. The number of halogens is 1. The third-order valence-electron chi connectivity index (χ3n) is 4.63. The number of ether oxygens (including phenoxy) is 2. The smallest absolute Gasteiger partial charge is 0.407 e. The molecule has 1 rings (SSSR count). The van der Waals surface area contributed by atoms with Crippen molar-refractivity contribution >= 4 is 23.8 Å². The number of unbranched alkanes of at least 4 members (excludes halogenated alkanes) is 2. The molecule has 1 atom stereocenters. The first-order valence-electron chi connectivity index (χ1n) is 11.0. The molecule has 8 nitrogen and oxygen atoms in total. The Labute approximate surface area is 190 Å². The van der Waals surface area contributed by atoms with Crippen LogP contribution in [0.25, 0.3) is 0 Å². The van der Waals surface area contributed by atoms with Gasteiger partial charge in [0, 0.05) is 43.8 Å². The van der Waals surface area contributed by atoms with E-state index in [1.165, 1.54) is 0 Å². The van der Waals surface area contributed by atoms with Gasteiger partial charge in [-0.15, -0.1) is 0 Å². The second kappa shape index (κ2) is 16.6. The van der Waals surface area contributed by atoms with Gasteiger partial charge in [0.05, 0.1) is 0 Å². The summed E-state index contributed by atoms with van der Waals surface area (Å²) in [7, 11) is 0. The van der Waals surface area contributed by atoms with Crippen molar-refractivity contribution in [1.82, 2.24) is 15.5 Å². The Bertz CT molecular complexity index is 602. The van der Waals surface area contributed by atoms with Crippen molar-refractivity contribution in [2.24, 2.45) is 5.73 Å². The van der Waals surface area contributed by atoms with Gasteiger partial charge in [-0.25, -0.2) is 9.59 Å². The van der Waals surface area contributed by atoms with E-state index in [9.17, 15) is 9.59 Å². The van der Waals surface area contributed by atoms with E-state index in [0.29, 0.717) is 37.7 Å². The molecule has 0 aromatic heterocycles. The van der Waals surface area contributed by atoms with E-state index in [-0.39, 0.29) is 19.3 Å². The molecule has 1 aromatic carbocycles. The molecule has 4 N–H and O–H groups in total. The number of carbonyl (C=O) groups excluding carboxylic acids is 2. The molecule has 0 fully saturated rings. The number of alkyl carbamates (subject to hydrolysis) is 2. The summed E-state index contributed by atoms with van der Waals surface area (Å²) in [4.78, 5) is 25.5. The first-order chi connectivity index (χ1) is 15.0. The number of hydrogen-bond acceptors (Lipinski definition) is 6. The summed E-state index contributed by atoms with van der Waals surface area (Å²) >= 11 is 5.95. The Morgan fingerprint density at radius 2 is 1.45 bits per heavy atom. The Morgan fingerprint density at radius 3 is 1.90 bits per heavy atom. The van der Waals surface area contributed by atoms with Crippen LogP contribution in [0.3, 0.4) is 0 Å². The summed E-state index contributed by atoms with van der Waals surface area (Å²) in [6.45, 7) is 7.21. The van der Waals surface area contributed by atoms with Crippen LogP contribution in [0, 0.1) is 0 Å². The van der Waals surface area contributed by atoms with Gasteiger partial charge in [-0.3, -0.25) is 4.90 Å². The third-order valence-corrected chi connectivity index (χ3v) is 4.89. The molecular weight excluding hydrogens is 420 g/mol. The number of hydrogen-bond donors (Lipinski definition) is 3. The Balaban J connectivity index is 2.50. The first-order valence-corrected chi connectivity index (χ1v) is 11.4. The molecular formula is C22H37ClN4O4. The van der Waals surface area contributed by atoms with Crippen molar-refractivity contribution in [3.05, 3.63) is 34.9 Å². The van der Waals surface area contributed by atoms with Gasteiger partial charge in [0.25, 0.3) is 0 Å². The minimum Gasteiger partial charge on any atom is -0.448 e. The standard InChI is InChI=1S/C22H37ClN4O4/c1-3-5-11-25-21(28)30-15-13-27(14-16-31-22(29)26-12-6-4-2)17-20(24)18-7-9-19(23)10-8-18/h7-10,20H,3-6,11-17,24H2,1-2H3,(H,25,28)(H,26,29). The van der Waals surface area contributed by atoms with Crippen molar-refractivity contribution in [2.75, 3.05) is 45.9 Å². The molecule has 1 unspecified atom stereocenters. The van der Waals surface area contributed by atoms with Gasteiger partial charge >= 0.3 is 12.2 Å². The van der Waals surface area contributed by atoms with Crippen molar-refractivity contribution in [3.63, 3.8) is 0 Å². The fourth-order valence-electron chi connectivity index (χ4n) is 2.76. The van der Waals surface area contributed by atoms with Crippen LogP contribution in [0.1, 0.15) is 51.1 Å². The molecule has 0 aliphatic carbocycles. The highest BCUT2D eigenvalue weighted by Crippen LogP contribution is 2.15. The summed E-state index contributed by atoms with van der Waals surface area (Å²) < 4.78 is 10.5. The summed E-state index contributed by atoms with van der Waals surface area (Å²) in [5.74, 6) is 0. The largest absolute Gasteiger partial charge is 0.448 e. The second-order valence-electron chi connectivity index (χ2n) is 7.29. The van der Waals surface area contributed by atoms with Crippen molar-refractivity contribution in [1.29, 1.82) is 0 Å². The maximum absolute atomic E-state index is 11.7. The SMILES string of the molecule is CCCCNC(=O)OCCN(CCOC(=O)NCCCC)CC(N)c1ccc(Cl)cc1. The van der Waals surface area contributed by atoms with Crippen LogP contribution in [0.5, 0.6) is 0 Å². The fourth-order valence-corrected chi connectivity index (χ4v) is 2.89. The number of nitrogens with zero attached hydrogens (tertiary/aromatic N) is 1. The predicted octanol–water partition coefficient (Wildman–Crippen LogP) is 3.69. The van der Waals surface area contributed by atoms with Crippen LogP contribution in [0.4, 0.5) is 9.59 Å². The zero-order chi connectivity index (χ0) is 22.9. The molecule has 2 amide bonds. The van der Waals surface area contributed by atoms with Crippen molar-refractivity contribution < 1.29 is 19.1 Å². The zero-order valence-electron chi connectivity index (χ0n) is 18.7. The van der Waals surface area contributed by atoms with Crippen molar-refractivity contribution in [3.8, 4) is 0 Å². The molecule has 0 aliphatic rings. The maximum atomic E-state index is 11.7. The minimum absolute atomic E-state index is 0.216. The lowest BCUT2D eigenvalue weighted by atomic mass is 10.1. The lowest BCUT2D eigenvalue weighted by Crippen LogP contribution is -2.39. The average molecular weight is 457 g/mol. The third kappa shape index (κ3) is 13.1. The van der Waals surface area contributed by atoms with Crippen LogP contribution in [-0.2, 0) is 9.47 Å². The van der Waals surface area contributed by atoms with Gasteiger partial charge < -0.3 is 25.8 Å². The van der Waals surface area contributed by atoms with Gasteiger partial charge in [0.1, 0.15) is 13.2 Å². The Morgan fingerprint density at radius 1 is 0.968 bits per heavy atom. The van der Waals surface area contributed by atoms with Crippen LogP contribution in [0.2, 0.25) is 5.02 Å². The molecule has 0 aliphatic heterocycles. The van der Waals surface area contributed by atoms with Gasteiger partial charge in [-0.05, 0) is 30.5 Å². The van der Waals surface area contributed by atoms with Gasteiger partial charge in [-0.1, -0.05) is 50.4 Å². The van der Waals surface area contributed by atoms with Crippen LogP contribution in [0.15, 0.2) is 24.3 Å². The highest BCUT2D eigenvalue weighted by Gasteiger charge is 2.14. The van der Waals surface area contributed by atoms with E-state index >= 15 is 0 Å². The van der Waals surface area contributed by atoms with E-state index in [0.717, 1.165) is 31.2 Å². The molecule has 9 heteroatoms. The molecule has 31 heavy (non-hydrogen) atoms. The molecule has 0 bridgehead atoms. The van der Waals surface area contributed by atoms with Gasteiger partial charge in [0.2, 0.25) is 0 Å². The van der Waals surface area contributed by atoms with E-state index in [1.807, 2.05) is 17.0 Å². The molecule has 0 radical (unpaired) electrons. The Hall–Kier alpha value is -2.03. The number of rotatable bonds is 15. The molecule has 176 valence electrons. The quantitative estimate of drug-likeness (QED) is 0.347. The van der Waals surface area contributed by atoms with E-state index in [2.05, 4.69) is 24.5 Å². The van der Waals surface area contributed by atoms with Gasteiger partial charge in [-0.2, -0.15) is 0 Å². The fraction of sp³-hybridized carbons (Fsp3) is 0.636. The maximum Gasteiger partial charge on any atom is 0.407 e. The van der Waals surface area contributed by atoms with Crippen LogP contribution < -0.4 is 16.4 Å². The topological polar surface area (TPSA) is 106 Å². The molecule has 0 saturated carbocycles. The molecule has 1 aromatic rings. The Kier molecular flexibility index (Phi) is 14.5. The monoisotopic (exact) mass is 456 g/mol. The highest BCUT2D eigenvalue weighted by atomic mass is 35.5. The number of amides is 2. The number of benzene rings is 1. The number of carbonyl (C=O) groups is 2. The van der Waals surface area contributed by atoms with Crippen LogP contribution >= 0.6 is 11.6 Å². The van der Waals surface area contributed by atoms with E-state index in [1.54, 1.807) is 12.1 Å². The minimum atomic E-state index is -0.429. The van der Waals surface area contributed by atoms with E-state index < -0.39 is 12.2 Å². The lowest BCUT2D eigenvalue weighted by molar-refractivity contribution is 0.104. The summed E-state index contributed by atoms with van der Waals surface area (Å²) in [6, 6.07) is 7.12. The number of nitrogens with two attached hydrogens (primary N) is 1. The zero-order valence-corrected chi connectivity index (χ0v) is 19.5. The number of nitrogens with one attached hydrogen (secondary N) is 2. The first kappa shape index (κ1) is 27.0. The highest BCUT2D eigenvalue weighted by molar-refractivity contribution is 6.30. The van der Waals surface area contributed by atoms with Crippen LogP contribution in [-0.4, -0.2) is 63.0 Å². The van der Waals surface area contributed by atoms with E-state index in [4.69, 9.17) is 26.8 Å².